The molecule has 1 aromatic heterocycles. The molecule has 0 saturated carbocycles. The quantitative estimate of drug-likeness (QED) is 0.660. The van der Waals surface area contributed by atoms with Crippen LogP contribution in [0.1, 0.15) is 19.9 Å². The van der Waals surface area contributed by atoms with Crippen molar-refractivity contribution < 1.29 is 4.68 Å². The minimum absolute atomic E-state index is 0.493. The first-order valence-corrected chi connectivity index (χ1v) is 5.31. The minimum Gasteiger partial charge on any atom is -0.158 e. The molecule has 78 valence electrons. The van der Waals surface area contributed by atoms with Gasteiger partial charge in [-0.05, 0) is 19.4 Å². The van der Waals surface area contributed by atoms with E-state index in [0.717, 1.165) is 0 Å². The lowest BCUT2D eigenvalue weighted by atomic mass is 10.1. The molecule has 0 saturated heterocycles. The molecule has 1 aromatic carbocycles. The third kappa shape index (κ3) is 1.94. The van der Waals surface area contributed by atoms with Gasteiger partial charge in [-0.25, -0.2) is 0 Å². The largest absolute Gasteiger partial charge is 0.203 e. The van der Waals surface area contributed by atoms with Gasteiger partial charge in [-0.15, -0.1) is 4.68 Å². The van der Waals surface area contributed by atoms with E-state index in [1.807, 2.05) is 6.07 Å². The fourth-order valence-electron chi connectivity index (χ4n) is 1.83. The molecule has 15 heavy (non-hydrogen) atoms. The Balaban J connectivity index is 2.43. The number of hydrogen-bond donors (Lipinski definition) is 0. The third-order valence-corrected chi connectivity index (χ3v) is 2.60. The fraction of sp³-hybridized carbons (Fsp3) is 0.308. The Morgan fingerprint density at radius 1 is 1.07 bits per heavy atom. The maximum atomic E-state index is 2.22. The van der Waals surface area contributed by atoms with Crippen LogP contribution in [0.25, 0.3) is 11.1 Å². The summed E-state index contributed by atoms with van der Waals surface area (Å²) in [5, 5.41) is 0. The van der Waals surface area contributed by atoms with Gasteiger partial charge in [0.2, 0.25) is 6.20 Å². The van der Waals surface area contributed by atoms with Gasteiger partial charge < -0.3 is 0 Å². The van der Waals surface area contributed by atoms with Crippen LogP contribution in [0, 0.1) is 0 Å². The van der Waals surface area contributed by atoms with Gasteiger partial charge in [0.05, 0.1) is 17.8 Å². The summed E-state index contributed by atoms with van der Waals surface area (Å²) in [6, 6.07) is 11.0. The Hall–Kier alpha value is -1.57. The molecule has 0 fully saturated rings. The SMILES string of the molecule is CC(C)n1cc(-c2ccccc2)c[n+]1C. The number of rotatable bonds is 2. The number of benzene rings is 1. The van der Waals surface area contributed by atoms with Crippen molar-refractivity contribution in [3.05, 3.63) is 42.7 Å². The van der Waals surface area contributed by atoms with Crippen molar-refractivity contribution >= 4 is 0 Å². The van der Waals surface area contributed by atoms with Gasteiger partial charge in [-0.2, -0.15) is 4.68 Å². The Labute approximate surface area is 90.8 Å². The second-order valence-corrected chi connectivity index (χ2v) is 4.13. The monoisotopic (exact) mass is 201 g/mol. The molecule has 0 aliphatic carbocycles. The summed E-state index contributed by atoms with van der Waals surface area (Å²) in [6.45, 7) is 4.38. The normalized spacial score (nSPS) is 10.9. The van der Waals surface area contributed by atoms with Crippen LogP contribution >= 0.6 is 0 Å². The lowest BCUT2D eigenvalue weighted by Crippen LogP contribution is -2.38. The molecule has 0 atom stereocenters. The first-order chi connectivity index (χ1) is 7.18. The Kier molecular flexibility index (Phi) is 2.58. The number of hydrogen-bond acceptors (Lipinski definition) is 0. The molecule has 0 aliphatic rings. The minimum atomic E-state index is 0.493. The average Bonchev–Trinajstić information content (AvgIpc) is 2.62. The molecule has 0 unspecified atom stereocenters. The maximum Gasteiger partial charge on any atom is 0.203 e. The van der Waals surface area contributed by atoms with Crippen LogP contribution in [0.5, 0.6) is 0 Å². The molecule has 0 aliphatic heterocycles. The fourth-order valence-corrected chi connectivity index (χ4v) is 1.83. The molecular formula is C13H17N2+. The van der Waals surface area contributed by atoms with Crippen molar-refractivity contribution in [3.63, 3.8) is 0 Å². The van der Waals surface area contributed by atoms with Crippen LogP contribution in [0.4, 0.5) is 0 Å². The molecule has 0 radical (unpaired) electrons. The highest BCUT2D eigenvalue weighted by atomic mass is 15.4. The Bertz CT molecular complexity index is 441. The van der Waals surface area contributed by atoms with E-state index in [0.29, 0.717) is 6.04 Å². The molecule has 0 amide bonds. The lowest BCUT2D eigenvalue weighted by molar-refractivity contribution is -0.755. The average molecular weight is 201 g/mol. The van der Waals surface area contributed by atoms with Gasteiger partial charge in [-0.3, -0.25) is 0 Å². The van der Waals surface area contributed by atoms with Gasteiger partial charge in [-0.1, -0.05) is 30.3 Å². The zero-order valence-corrected chi connectivity index (χ0v) is 9.51. The van der Waals surface area contributed by atoms with Crippen molar-refractivity contribution in [2.45, 2.75) is 19.9 Å². The topological polar surface area (TPSA) is 8.81 Å². The van der Waals surface area contributed by atoms with Crippen LogP contribution in [0.2, 0.25) is 0 Å². The summed E-state index contributed by atoms with van der Waals surface area (Å²) in [5.74, 6) is 0. The first kappa shape index (κ1) is 9.97. The van der Waals surface area contributed by atoms with Crippen molar-refractivity contribution in [2.24, 2.45) is 7.05 Å². The van der Waals surface area contributed by atoms with Crippen LogP contribution in [0.15, 0.2) is 42.7 Å². The predicted molar refractivity (Wildman–Crippen MR) is 61.4 cm³/mol. The highest BCUT2D eigenvalue weighted by molar-refractivity contribution is 5.60. The van der Waals surface area contributed by atoms with Crippen molar-refractivity contribution in [1.29, 1.82) is 0 Å². The van der Waals surface area contributed by atoms with Gasteiger partial charge in [0, 0.05) is 0 Å². The van der Waals surface area contributed by atoms with E-state index in [9.17, 15) is 0 Å². The standard InChI is InChI=1S/C13H17N2/c1-11(2)15-10-13(9-14(15)3)12-7-5-4-6-8-12/h4-11H,1-3H3/q+1. The predicted octanol–water partition coefficient (Wildman–Crippen LogP) is 2.56. The van der Waals surface area contributed by atoms with Gasteiger partial charge >= 0.3 is 0 Å². The Morgan fingerprint density at radius 2 is 1.73 bits per heavy atom. The first-order valence-electron chi connectivity index (χ1n) is 5.31. The highest BCUT2D eigenvalue weighted by Crippen LogP contribution is 2.18. The van der Waals surface area contributed by atoms with Crippen LogP contribution in [-0.4, -0.2) is 4.68 Å². The maximum absolute atomic E-state index is 2.22. The van der Waals surface area contributed by atoms with Crippen LogP contribution < -0.4 is 4.68 Å². The van der Waals surface area contributed by atoms with Crippen molar-refractivity contribution in [2.75, 3.05) is 0 Å². The van der Waals surface area contributed by atoms with Crippen LogP contribution in [0.3, 0.4) is 0 Å². The van der Waals surface area contributed by atoms with Gasteiger partial charge in [0.15, 0.2) is 7.05 Å². The second kappa shape index (κ2) is 3.89. The summed E-state index contributed by atoms with van der Waals surface area (Å²) in [4.78, 5) is 0. The summed E-state index contributed by atoms with van der Waals surface area (Å²) in [5.41, 5.74) is 2.54. The molecule has 0 spiro atoms. The summed E-state index contributed by atoms with van der Waals surface area (Å²) in [7, 11) is 2.08. The van der Waals surface area contributed by atoms with E-state index in [4.69, 9.17) is 0 Å². The van der Waals surface area contributed by atoms with Crippen molar-refractivity contribution in [3.8, 4) is 11.1 Å². The van der Waals surface area contributed by atoms with E-state index in [1.54, 1.807) is 0 Å². The third-order valence-electron chi connectivity index (χ3n) is 2.60. The lowest BCUT2D eigenvalue weighted by Gasteiger charge is -2.01. The summed E-state index contributed by atoms with van der Waals surface area (Å²) in [6.07, 6.45) is 4.36. The molecule has 2 nitrogen and oxygen atoms in total. The van der Waals surface area contributed by atoms with E-state index >= 15 is 0 Å². The summed E-state index contributed by atoms with van der Waals surface area (Å²) >= 11 is 0. The Morgan fingerprint density at radius 3 is 2.27 bits per heavy atom. The van der Waals surface area contributed by atoms with Gasteiger partial charge in [0.25, 0.3) is 0 Å². The van der Waals surface area contributed by atoms with E-state index in [1.165, 1.54) is 11.1 Å². The molecule has 0 bridgehead atoms. The molecular weight excluding hydrogens is 184 g/mol. The zero-order valence-electron chi connectivity index (χ0n) is 9.51. The molecule has 1 heterocycles. The molecule has 2 heteroatoms. The smallest absolute Gasteiger partial charge is 0.158 e. The van der Waals surface area contributed by atoms with Gasteiger partial charge in [0.1, 0.15) is 0 Å². The number of aromatic nitrogens is 2. The van der Waals surface area contributed by atoms with E-state index in [-0.39, 0.29) is 0 Å². The zero-order chi connectivity index (χ0) is 10.8. The highest BCUT2D eigenvalue weighted by Gasteiger charge is 2.12. The number of aryl methyl sites for hydroxylation is 1. The molecule has 2 rings (SSSR count). The number of nitrogens with zero attached hydrogens (tertiary/aromatic N) is 2. The summed E-state index contributed by atoms with van der Waals surface area (Å²) < 4.78 is 4.36. The second-order valence-electron chi connectivity index (χ2n) is 4.13. The van der Waals surface area contributed by atoms with E-state index < -0.39 is 0 Å². The molecule has 0 N–H and O–H groups in total. The van der Waals surface area contributed by atoms with Crippen molar-refractivity contribution in [1.82, 2.24) is 4.68 Å². The van der Waals surface area contributed by atoms with Crippen LogP contribution in [-0.2, 0) is 7.05 Å². The van der Waals surface area contributed by atoms with E-state index in [2.05, 4.69) is 66.9 Å². The molecule has 2 aromatic rings.